The smallest absolute Gasteiger partial charge is 0.294 e. The summed E-state index contributed by atoms with van der Waals surface area (Å²) in [5.41, 5.74) is 4.20. The fourth-order valence-corrected chi connectivity index (χ4v) is 5.78. The fourth-order valence-electron chi connectivity index (χ4n) is 4.55. The first-order valence-electron chi connectivity index (χ1n) is 11.6. The number of halogens is 2. The van der Waals surface area contributed by atoms with Gasteiger partial charge in [0.2, 0.25) is 5.91 Å². The predicted molar refractivity (Wildman–Crippen MR) is 150 cm³/mol. The molecule has 0 saturated carbocycles. The maximum atomic E-state index is 13.0. The van der Waals surface area contributed by atoms with Gasteiger partial charge in [0.15, 0.2) is 0 Å². The number of carbonyl (C=O) groups is 3. The fraction of sp³-hybridized carbons (Fsp3) is 0.296. The van der Waals surface area contributed by atoms with Gasteiger partial charge in [0.1, 0.15) is 6.54 Å². The Morgan fingerprint density at radius 3 is 2.61 bits per heavy atom. The number of nitrogens with one attached hydrogen (secondary N) is 1. The second kappa shape index (κ2) is 10.3. The Morgan fingerprint density at radius 1 is 1.17 bits per heavy atom. The highest BCUT2D eigenvalue weighted by Gasteiger charge is 2.37. The van der Waals surface area contributed by atoms with Crippen LogP contribution in [-0.2, 0) is 9.59 Å². The second-order valence-corrected chi connectivity index (χ2v) is 11.2. The minimum atomic E-state index is -0.527. The van der Waals surface area contributed by atoms with Crippen molar-refractivity contribution in [1.82, 2.24) is 4.90 Å². The van der Waals surface area contributed by atoms with E-state index in [9.17, 15) is 14.4 Å². The van der Waals surface area contributed by atoms with E-state index in [1.807, 2.05) is 12.1 Å². The van der Waals surface area contributed by atoms with Gasteiger partial charge in [0.05, 0.1) is 10.4 Å². The van der Waals surface area contributed by atoms with E-state index in [0.717, 1.165) is 46.5 Å². The molecule has 0 radical (unpaired) electrons. The quantitative estimate of drug-likeness (QED) is 0.394. The van der Waals surface area contributed by atoms with E-state index in [2.05, 4.69) is 44.0 Å². The van der Waals surface area contributed by atoms with Crippen LogP contribution in [0.4, 0.5) is 16.2 Å². The van der Waals surface area contributed by atoms with Crippen molar-refractivity contribution in [2.75, 3.05) is 23.3 Å². The highest BCUT2D eigenvalue weighted by molar-refractivity contribution is 8.18. The maximum Gasteiger partial charge on any atom is 0.294 e. The van der Waals surface area contributed by atoms with Crippen LogP contribution in [0.5, 0.6) is 0 Å². The molecule has 9 heteroatoms. The molecule has 0 spiro atoms. The maximum absolute atomic E-state index is 13.0. The number of carbonyl (C=O) groups excluding carboxylic acids is 3. The highest BCUT2D eigenvalue weighted by Crippen LogP contribution is 2.42. The van der Waals surface area contributed by atoms with Crippen molar-refractivity contribution in [3.8, 4) is 0 Å². The van der Waals surface area contributed by atoms with Crippen molar-refractivity contribution in [3.63, 3.8) is 0 Å². The van der Waals surface area contributed by atoms with Crippen molar-refractivity contribution in [1.29, 1.82) is 0 Å². The Bertz CT molecular complexity index is 1320. The Kier molecular flexibility index (Phi) is 7.55. The number of benzene rings is 2. The zero-order chi connectivity index (χ0) is 26.2. The predicted octanol–water partition coefficient (Wildman–Crippen LogP) is 7.08. The van der Waals surface area contributed by atoms with Crippen LogP contribution in [0.15, 0.2) is 47.4 Å². The molecule has 4 rings (SSSR count). The van der Waals surface area contributed by atoms with E-state index in [4.69, 9.17) is 23.2 Å². The first kappa shape index (κ1) is 26.3. The minimum Gasteiger partial charge on any atom is -0.362 e. The zero-order valence-electron chi connectivity index (χ0n) is 20.5. The first-order valence-corrected chi connectivity index (χ1v) is 13.2. The molecule has 0 aliphatic carbocycles. The lowest BCUT2D eigenvalue weighted by Crippen LogP contribution is -2.45. The number of hydrogen-bond donors (Lipinski definition) is 1. The van der Waals surface area contributed by atoms with Crippen LogP contribution in [0, 0.1) is 0 Å². The number of fused-ring (bicyclic) bond motifs is 1. The molecule has 0 atom stereocenters. The van der Waals surface area contributed by atoms with Crippen LogP contribution in [0.1, 0.15) is 45.2 Å². The van der Waals surface area contributed by atoms with Gasteiger partial charge in [-0.1, -0.05) is 42.3 Å². The van der Waals surface area contributed by atoms with Crippen LogP contribution in [0.25, 0.3) is 11.6 Å². The highest BCUT2D eigenvalue weighted by atomic mass is 35.5. The number of imide groups is 1. The Balaban J connectivity index is 1.57. The SMILES string of the molecule is CCCN1c2cc(Cl)c(/C=C3/SC(=O)N(CC(=O)Nc4cccc(Cl)c4)C3=O)cc2C(C)=CC1(C)C. The van der Waals surface area contributed by atoms with Crippen LogP contribution >= 0.6 is 35.0 Å². The summed E-state index contributed by atoms with van der Waals surface area (Å²) in [6.07, 6.45) is 4.85. The molecule has 1 saturated heterocycles. The average molecular weight is 545 g/mol. The lowest BCUT2D eigenvalue weighted by atomic mass is 9.87. The standard InChI is InChI=1S/C27H27Cl2N3O3S/c1-5-9-32-22-13-21(29)17(10-20(22)16(2)14-27(32,3)4)11-23-25(34)31(26(35)36-23)15-24(33)30-19-8-6-7-18(28)12-19/h6-8,10-14H,5,9,15H2,1-4H3,(H,30,33)/b23-11+. The number of thioether (sulfide) groups is 1. The van der Waals surface area contributed by atoms with E-state index >= 15 is 0 Å². The number of nitrogens with zero attached hydrogens (tertiary/aromatic N) is 2. The van der Waals surface area contributed by atoms with Gasteiger partial charge >= 0.3 is 0 Å². The lowest BCUT2D eigenvalue weighted by molar-refractivity contribution is -0.127. The van der Waals surface area contributed by atoms with Gasteiger partial charge < -0.3 is 10.2 Å². The monoisotopic (exact) mass is 543 g/mol. The third kappa shape index (κ3) is 5.33. The Labute approximate surface area is 225 Å². The summed E-state index contributed by atoms with van der Waals surface area (Å²) >= 11 is 13.4. The summed E-state index contributed by atoms with van der Waals surface area (Å²) in [5, 5.41) is 3.11. The van der Waals surface area contributed by atoms with E-state index in [0.29, 0.717) is 21.3 Å². The zero-order valence-corrected chi connectivity index (χ0v) is 22.9. The molecule has 0 unspecified atom stereocenters. The van der Waals surface area contributed by atoms with E-state index in [-0.39, 0.29) is 10.4 Å². The molecule has 2 aromatic carbocycles. The van der Waals surface area contributed by atoms with Gasteiger partial charge in [0.25, 0.3) is 11.1 Å². The van der Waals surface area contributed by atoms with E-state index < -0.39 is 23.6 Å². The van der Waals surface area contributed by atoms with Gasteiger partial charge in [-0.25, -0.2) is 0 Å². The average Bonchev–Trinajstić information content (AvgIpc) is 3.04. The molecule has 1 N–H and O–H groups in total. The second-order valence-electron chi connectivity index (χ2n) is 9.35. The Morgan fingerprint density at radius 2 is 1.92 bits per heavy atom. The molecule has 2 aromatic rings. The van der Waals surface area contributed by atoms with Gasteiger partial charge in [-0.2, -0.15) is 0 Å². The van der Waals surface area contributed by atoms with Crippen molar-refractivity contribution in [3.05, 3.63) is 68.6 Å². The van der Waals surface area contributed by atoms with E-state index in [1.165, 1.54) is 0 Å². The molecule has 2 aliphatic rings. The molecule has 3 amide bonds. The summed E-state index contributed by atoms with van der Waals surface area (Å²) in [4.78, 5) is 41.5. The summed E-state index contributed by atoms with van der Waals surface area (Å²) < 4.78 is 0. The van der Waals surface area contributed by atoms with Crippen LogP contribution < -0.4 is 10.2 Å². The molecule has 36 heavy (non-hydrogen) atoms. The summed E-state index contributed by atoms with van der Waals surface area (Å²) in [6, 6.07) is 10.5. The van der Waals surface area contributed by atoms with Gasteiger partial charge in [-0.3, -0.25) is 19.3 Å². The molecule has 2 heterocycles. The molecular formula is C27H27Cl2N3O3S. The topological polar surface area (TPSA) is 69.7 Å². The molecule has 0 aromatic heterocycles. The third-order valence-electron chi connectivity index (χ3n) is 6.11. The van der Waals surface area contributed by atoms with Gasteiger partial charge in [0, 0.05) is 33.5 Å². The van der Waals surface area contributed by atoms with Gasteiger partial charge in [-0.15, -0.1) is 0 Å². The van der Waals surface area contributed by atoms with Crippen molar-refractivity contribution in [2.24, 2.45) is 0 Å². The number of amides is 3. The van der Waals surface area contributed by atoms with E-state index in [1.54, 1.807) is 30.3 Å². The molecule has 6 nitrogen and oxygen atoms in total. The first-order chi connectivity index (χ1) is 17.0. The Hall–Kier alpha value is -2.74. The number of anilines is 2. The minimum absolute atomic E-state index is 0.147. The molecule has 2 aliphatic heterocycles. The number of hydrogen-bond acceptors (Lipinski definition) is 5. The largest absolute Gasteiger partial charge is 0.362 e. The molecule has 188 valence electrons. The van der Waals surface area contributed by atoms with Crippen molar-refractivity contribution in [2.45, 2.75) is 39.7 Å². The normalized spacial score (nSPS) is 17.9. The number of rotatable bonds is 6. The van der Waals surface area contributed by atoms with Crippen molar-refractivity contribution >= 4 is 75.0 Å². The summed E-state index contributed by atoms with van der Waals surface area (Å²) in [7, 11) is 0. The molecule has 1 fully saturated rings. The molecular weight excluding hydrogens is 517 g/mol. The van der Waals surface area contributed by atoms with Crippen LogP contribution in [0.2, 0.25) is 10.0 Å². The summed E-state index contributed by atoms with van der Waals surface area (Å²) in [5.74, 6) is -1.02. The lowest BCUT2D eigenvalue weighted by Gasteiger charge is -2.43. The number of allylic oxidation sites excluding steroid dienone is 1. The third-order valence-corrected chi connectivity index (χ3v) is 7.58. The van der Waals surface area contributed by atoms with Crippen LogP contribution in [0.3, 0.4) is 0 Å². The van der Waals surface area contributed by atoms with Gasteiger partial charge in [-0.05, 0) is 86.5 Å². The molecule has 0 bridgehead atoms. The van der Waals surface area contributed by atoms with Crippen molar-refractivity contribution < 1.29 is 14.4 Å². The van der Waals surface area contributed by atoms with Crippen LogP contribution in [-0.4, -0.2) is 40.6 Å². The summed E-state index contributed by atoms with van der Waals surface area (Å²) in [6.45, 7) is 9.05.